The Balaban J connectivity index is 2.34. The predicted octanol–water partition coefficient (Wildman–Crippen LogP) is 0.0604. The zero-order chi connectivity index (χ0) is 4.83. The highest BCUT2D eigenvalue weighted by Gasteiger charge is 1.71. The zero-order valence-corrected chi connectivity index (χ0v) is 4.41. The molecule has 0 atom stereocenters. The molecule has 0 aromatic rings. The lowest BCUT2D eigenvalue weighted by Crippen LogP contribution is -2.06. The molecule has 1 N–H and O–H groups in total. The topological polar surface area (TPSA) is 39.7 Å². The third kappa shape index (κ3) is 4.54. The van der Waals surface area contributed by atoms with Crippen LogP contribution >= 0.6 is 25.8 Å². The molecule has 0 aliphatic carbocycles. The minimum Gasteiger partial charge on any atom is -0.207 e. The van der Waals surface area contributed by atoms with E-state index in [9.17, 15) is 0 Å². The van der Waals surface area contributed by atoms with E-state index in [0.29, 0.717) is 0 Å². The highest BCUT2D eigenvalue weighted by molar-refractivity contribution is 7.75. The van der Waals surface area contributed by atoms with Gasteiger partial charge in [-0.25, -0.2) is 4.28 Å². The lowest BCUT2D eigenvalue weighted by Gasteiger charge is -1.90. The molecule has 0 aromatic carbocycles. The lowest BCUT2D eigenvalue weighted by atomic mass is 13.2. The van der Waals surface area contributed by atoms with Crippen molar-refractivity contribution in [1.29, 1.82) is 0 Å². The van der Waals surface area contributed by atoms with E-state index in [1.807, 2.05) is 0 Å². The van der Waals surface area contributed by atoms with Crippen molar-refractivity contribution < 1.29 is 13.6 Å². The predicted molar refractivity (Wildman–Crippen MR) is 24.4 cm³/mol. The van der Waals surface area contributed by atoms with Crippen LogP contribution in [0.2, 0.25) is 0 Å². The Kier molecular flexibility index (Phi) is 6.04. The smallest absolute Gasteiger partial charge is 0.0170 e. The van der Waals surface area contributed by atoms with Gasteiger partial charge in [0.05, 0.1) is 0 Å². The molecule has 4 nitrogen and oxygen atoms in total. The summed E-state index contributed by atoms with van der Waals surface area (Å²) in [5.74, 6) is 0. The highest BCUT2D eigenvalue weighted by Crippen LogP contribution is 1.76. The first kappa shape index (κ1) is 6.54. The fourth-order valence-electron chi connectivity index (χ4n) is 0.0304. The van der Waals surface area contributed by atoms with Gasteiger partial charge in [-0.1, -0.05) is 0 Å². The molecular weight excluding hydrogens is 126 g/mol. The second kappa shape index (κ2) is 5.54. The summed E-state index contributed by atoms with van der Waals surface area (Å²) in [6.07, 6.45) is 0. The molecule has 0 aromatic heterocycles. The van der Waals surface area contributed by atoms with Crippen LogP contribution in [-0.4, -0.2) is 0 Å². The molecule has 38 valence electrons. The van der Waals surface area contributed by atoms with Gasteiger partial charge in [0.2, 0.25) is 0 Å². The average molecular weight is 129 g/mol. The summed E-state index contributed by atoms with van der Waals surface area (Å²) in [5.41, 5.74) is 1.76. The van der Waals surface area contributed by atoms with Crippen molar-refractivity contribution in [3.05, 3.63) is 0 Å². The second-order valence-electron chi connectivity index (χ2n) is 0.332. The Labute approximate surface area is 45.8 Å². The van der Waals surface area contributed by atoms with Gasteiger partial charge in [0.1, 0.15) is 0 Å². The van der Waals surface area contributed by atoms with Gasteiger partial charge < -0.3 is 0 Å². The van der Waals surface area contributed by atoms with E-state index in [2.05, 4.69) is 39.4 Å². The van der Waals surface area contributed by atoms with Gasteiger partial charge in [-0.2, -0.15) is 0 Å². The number of hydrogen-bond acceptors (Lipinski definition) is 6. The van der Waals surface area contributed by atoms with Crippen molar-refractivity contribution in [2.24, 2.45) is 0 Å². The molecule has 0 bridgehead atoms. The summed E-state index contributed by atoms with van der Waals surface area (Å²) in [6.45, 7) is 0. The normalized spacial score (nSPS) is 9.00. The molecule has 0 amide bonds. The first-order chi connectivity index (χ1) is 2.91. The molecule has 0 fully saturated rings. The van der Waals surface area contributed by atoms with Crippen LogP contribution in [-0.2, 0) is 13.6 Å². The number of nitrogens with one attached hydrogen (secondary N) is 1. The minimum absolute atomic E-state index is 1.76. The van der Waals surface area contributed by atoms with Crippen LogP contribution in [0.3, 0.4) is 0 Å². The minimum atomic E-state index is 1.76. The second-order valence-corrected chi connectivity index (χ2v) is 0.664. The van der Waals surface area contributed by atoms with Crippen molar-refractivity contribution in [1.82, 2.24) is 5.64 Å². The van der Waals surface area contributed by atoms with Gasteiger partial charge in [0.25, 0.3) is 0 Å². The SMILES string of the molecule is SONOOS. The molecule has 0 spiro atoms. The standard InChI is InChI=1S/H3NO3S2/c5-3-1-2-4-6/h1,5-6H. The molecule has 6 heteroatoms. The highest BCUT2D eigenvalue weighted by atomic mass is 32.1. The number of hydrogen-bond donors (Lipinski definition) is 3. The Morgan fingerprint density at radius 3 is 2.17 bits per heavy atom. The third-order valence-corrected chi connectivity index (χ3v) is 0.258. The van der Waals surface area contributed by atoms with Gasteiger partial charge >= 0.3 is 0 Å². The Morgan fingerprint density at radius 1 is 1.33 bits per heavy atom. The van der Waals surface area contributed by atoms with Crippen molar-refractivity contribution in [2.45, 2.75) is 0 Å². The van der Waals surface area contributed by atoms with Crippen molar-refractivity contribution in [3.63, 3.8) is 0 Å². The van der Waals surface area contributed by atoms with E-state index in [4.69, 9.17) is 0 Å². The fourth-order valence-corrected chi connectivity index (χ4v) is 0.0913. The molecule has 0 rings (SSSR count). The van der Waals surface area contributed by atoms with Crippen LogP contribution in [0.5, 0.6) is 0 Å². The Morgan fingerprint density at radius 2 is 2.00 bits per heavy atom. The first-order valence-corrected chi connectivity index (χ1v) is 1.67. The zero-order valence-electron chi connectivity index (χ0n) is 2.62. The van der Waals surface area contributed by atoms with Crippen molar-refractivity contribution in [2.75, 3.05) is 0 Å². The molecule has 0 heterocycles. The lowest BCUT2D eigenvalue weighted by molar-refractivity contribution is -0.302. The molecule has 0 aliphatic heterocycles. The van der Waals surface area contributed by atoms with Gasteiger partial charge in [-0.3, -0.25) is 0 Å². The van der Waals surface area contributed by atoms with Crippen LogP contribution in [0.4, 0.5) is 0 Å². The molecule has 0 saturated heterocycles. The maximum atomic E-state index is 3.83. The number of thiol groups is 2. The van der Waals surface area contributed by atoms with E-state index in [-0.39, 0.29) is 0 Å². The fraction of sp³-hybridized carbons (Fsp3) is 0. The summed E-state index contributed by atoms with van der Waals surface area (Å²) in [4.78, 5) is 3.80. The molecular formula is H3NO3S2. The van der Waals surface area contributed by atoms with Gasteiger partial charge in [0, 0.05) is 25.8 Å². The maximum absolute atomic E-state index is 3.83. The largest absolute Gasteiger partial charge is 0.207 e. The molecule has 0 radical (unpaired) electrons. The maximum Gasteiger partial charge on any atom is 0.0170 e. The Bertz CT molecular complexity index is 20.8. The van der Waals surface area contributed by atoms with E-state index < -0.39 is 0 Å². The molecule has 0 saturated carbocycles. The van der Waals surface area contributed by atoms with E-state index in [1.165, 1.54) is 0 Å². The van der Waals surface area contributed by atoms with Crippen LogP contribution in [0.25, 0.3) is 0 Å². The van der Waals surface area contributed by atoms with Crippen LogP contribution in [0, 0.1) is 0 Å². The summed E-state index contributed by atoms with van der Waals surface area (Å²) in [5, 5.41) is 0. The van der Waals surface area contributed by atoms with Crippen LogP contribution < -0.4 is 5.64 Å². The first-order valence-electron chi connectivity index (χ1n) is 0.940. The van der Waals surface area contributed by atoms with Gasteiger partial charge in [-0.05, 0) is 5.64 Å². The van der Waals surface area contributed by atoms with Crippen molar-refractivity contribution in [3.8, 4) is 0 Å². The van der Waals surface area contributed by atoms with Crippen LogP contribution in [0.1, 0.15) is 0 Å². The number of rotatable bonds is 3. The summed E-state index contributed by atoms with van der Waals surface area (Å²) in [7, 11) is 0. The molecule has 6 heavy (non-hydrogen) atoms. The Hall–Kier alpha value is 0.540. The van der Waals surface area contributed by atoms with E-state index in [0.717, 1.165) is 0 Å². The third-order valence-electron chi connectivity index (χ3n) is 0.109. The summed E-state index contributed by atoms with van der Waals surface area (Å²) < 4.78 is 7.52. The monoisotopic (exact) mass is 129 g/mol. The van der Waals surface area contributed by atoms with E-state index >= 15 is 0 Å². The molecule has 0 unspecified atom stereocenters. The van der Waals surface area contributed by atoms with Gasteiger partial charge in [-0.15, -0.1) is 9.32 Å². The average Bonchev–Trinajstić information content (AvgIpc) is 1.61. The van der Waals surface area contributed by atoms with E-state index in [1.54, 1.807) is 5.64 Å². The van der Waals surface area contributed by atoms with Crippen molar-refractivity contribution >= 4 is 25.8 Å². The van der Waals surface area contributed by atoms with Gasteiger partial charge in [0.15, 0.2) is 0 Å². The summed E-state index contributed by atoms with van der Waals surface area (Å²) in [6, 6.07) is 0. The van der Waals surface area contributed by atoms with Crippen LogP contribution in [0.15, 0.2) is 0 Å². The quantitative estimate of drug-likeness (QED) is 0.166. The molecule has 0 aliphatic rings. The summed E-state index contributed by atoms with van der Waals surface area (Å²) >= 11 is 6.36.